The van der Waals surface area contributed by atoms with Crippen LogP contribution in [0.25, 0.3) is 0 Å². The molecular formula is C10H13BrO3. The van der Waals surface area contributed by atoms with Crippen molar-refractivity contribution in [3.05, 3.63) is 22.7 Å². The van der Waals surface area contributed by atoms with E-state index in [1.165, 1.54) is 0 Å². The van der Waals surface area contributed by atoms with Crippen LogP contribution in [-0.2, 0) is 0 Å². The second-order valence-electron chi connectivity index (χ2n) is 2.96. The molecule has 0 aromatic heterocycles. The molecule has 0 aliphatic carbocycles. The predicted octanol–water partition coefficient (Wildman–Crippen LogP) is 2.22. The Hall–Kier alpha value is -0.740. The van der Waals surface area contributed by atoms with E-state index in [1.54, 1.807) is 20.1 Å². The highest BCUT2D eigenvalue weighted by atomic mass is 79.9. The zero-order valence-corrected chi connectivity index (χ0v) is 9.74. The van der Waals surface area contributed by atoms with Crippen molar-refractivity contribution in [2.24, 2.45) is 0 Å². The molecule has 1 aromatic rings. The van der Waals surface area contributed by atoms with Gasteiger partial charge in [-0.1, -0.05) is 0 Å². The number of rotatable bonds is 4. The van der Waals surface area contributed by atoms with Gasteiger partial charge in [0.25, 0.3) is 0 Å². The van der Waals surface area contributed by atoms with Gasteiger partial charge >= 0.3 is 0 Å². The van der Waals surface area contributed by atoms with Crippen LogP contribution in [0.3, 0.4) is 0 Å². The molecule has 0 amide bonds. The molecular weight excluding hydrogens is 248 g/mol. The average Bonchev–Trinajstić information content (AvgIpc) is 2.15. The van der Waals surface area contributed by atoms with Crippen molar-refractivity contribution >= 4 is 15.9 Å². The highest BCUT2D eigenvalue weighted by Gasteiger charge is 2.04. The summed E-state index contributed by atoms with van der Waals surface area (Å²) >= 11 is 3.35. The van der Waals surface area contributed by atoms with Crippen LogP contribution in [0.15, 0.2) is 22.7 Å². The summed E-state index contributed by atoms with van der Waals surface area (Å²) in [6.45, 7) is 1.96. The molecule has 1 aromatic carbocycles. The van der Waals surface area contributed by atoms with Crippen LogP contribution in [0.1, 0.15) is 6.92 Å². The van der Waals surface area contributed by atoms with Gasteiger partial charge in [0.05, 0.1) is 17.7 Å². The Morgan fingerprint density at radius 1 is 1.50 bits per heavy atom. The molecule has 0 saturated heterocycles. The first kappa shape index (κ1) is 11.3. The van der Waals surface area contributed by atoms with Crippen molar-refractivity contribution < 1.29 is 14.6 Å². The van der Waals surface area contributed by atoms with Gasteiger partial charge in [0, 0.05) is 0 Å². The molecule has 0 heterocycles. The van der Waals surface area contributed by atoms with E-state index in [0.717, 1.165) is 10.2 Å². The number of hydrogen-bond donors (Lipinski definition) is 1. The lowest BCUT2D eigenvalue weighted by atomic mass is 10.3. The van der Waals surface area contributed by atoms with E-state index in [1.807, 2.05) is 12.1 Å². The highest BCUT2D eigenvalue weighted by Crippen LogP contribution is 2.29. The monoisotopic (exact) mass is 260 g/mol. The topological polar surface area (TPSA) is 38.7 Å². The Balaban J connectivity index is 2.69. The Bertz CT molecular complexity index is 299. The largest absolute Gasteiger partial charge is 0.497 e. The van der Waals surface area contributed by atoms with Gasteiger partial charge in [-0.3, -0.25) is 0 Å². The molecule has 0 aliphatic heterocycles. The van der Waals surface area contributed by atoms with Crippen molar-refractivity contribution in [3.63, 3.8) is 0 Å². The van der Waals surface area contributed by atoms with Gasteiger partial charge in [-0.25, -0.2) is 0 Å². The third-order valence-corrected chi connectivity index (χ3v) is 2.24. The Labute approximate surface area is 91.8 Å². The molecule has 1 N–H and O–H groups in total. The summed E-state index contributed by atoms with van der Waals surface area (Å²) in [6.07, 6.45) is -0.469. The fourth-order valence-electron chi connectivity index (χ4n) is 0.936. The maximum atomic E-state index is 9.04. The average molecular weight is 261 g/mol. The van der Waals surface area contributed by atoms with Gasteiger partial charge in [-0.15, -0.1) is 0 Å². The Kier molecular flexibility index (Phi) is 4.22. The molecule has 1 atom stereocenters. The molecule has 0 bridgehead atoms. The van der Waals surface area contributed by atoms with Crippen LogP contribution in [-0.4, -0.2) is 24.9 Å². The number of ether oxygens (including phenoxy) is 2. The maximum Gasteiger partial charge on any atom is 0.133 e. The molecule has 0 radical (unpaired) electrons. The van der Waals surface area contributed by atoms with Gasteiger partial charge in [-0.05, 0) is 41.1 Å². The number of aliphatic hydroxyl groups is 1. The summed E-state index contributed by atoms with van der Waals surface area (Å²) in [5, 5.41) is 9.04. The number of aliphatic hydroxyl groups excluding tert-OH is 1. The fraction of sp³-hybridized carbons (Fsp3) is 0.400. The van der Waals surface area contributed by atoms with Crippen LogP contribution in [0.2, 0.25) is 0 Å². The quantitative estimate of drug-likeness (QED) is 0.903. The standard InChI is InChI=1S/C10H13BrO3/c1-7(12)6-14-10-4-3-8(13-2)5-9(10)11/h3-5,7,12H,6H2,1-2H3. The summed E-state index contributed by atoms with van der Waals surface area (Å²) in [5.74, 6) is 1.47. The highest BCUT2D eigenvalue weighted by molar-refractivity contribution is 9.10. The lowest BCUT2D eigenvalue weighted by Crippen LogP contribution is -2.12. The number of methoxy groups -OCH3 is 1. The molecule has 0 spiro atoms. The summed E-state index contributed by atoms with van der Waals surface area (Å²) in [5.41, 5.74) is 0. The molecule has 1 rings (SSSR count). The van der Waals surface area contributed by atoms with Crippen LogP contribution < -0.4 is 9.47 Å². The smallest absolute Gasteiger partial charge is 0.133 e. The van der Waals surface area contributed by atoms with E-state index in [4.69, 9.17) is 14.6 Å². The molecule has 78 valence electrons. The molecule has 3 nitrogen and oxygen atoms in total. The fourth-order valence-corrected chi connectivity index (χ4v) is 1.41. The molecule has 0 aliphatic rings. The first-order chi connectivity index (χ1) is 6.63. The lowest BCUT2D eigenvalue weighted by molar-refractivity contribution is 0.122. The zero-order chi connectivity index (χ0) is 10.6. The van der Waals surface area contributed by atoms with Crippen LogP contribution in [0, 0.1) is 0 Å². The normalized spacial score (nSPS) is 12.3. The van der Waals surface area contributed by atoms with E-state index < -0.39 is 6.10 Å². The summed E-state index contributed by atoms with van der Waals surface area (Å²) < 4.78 is 11.2. The first-order valence-corrected chi connectivity index (χ1v) is 5.07. The summed E-state index contributed by atoms with van der Waals surface area (Å²) in [7, 11) is 1.61. The Morgan fingerprint density at radius 3 is 2.71 bits per heavy atom. The van der Waals surface area contributed by atoms with Crippen molar-refractivity contribution in [3.8, 4) is 11.5 Å². The lowest BCUT2D eigenvalue weighted by Gasteiger charge is -2.10. The van der Waals surface area contributed by atoms with Crippen LogP contribution in [0.4, 0.5) is 0 Å². The van der Waals surface area contributed by atoms with Gasteiger partial charge in [0.1, 0.15) is 18.1 Å². The summed E-state index contributed by atoms with van der Waals surface area (Å²) in [4.78, 5) is 0. The Morgan fingerprint density at radius 2 is 2.21 bits per heavy atom. The van der Waals surface area contributed by atoms with Gasteiger partial charge < -0.3 is 14.6 Å². The molecule has 14 heavy (non-hydrogen) atoms. The molecule has 4 heteroatoms. The van der Waals surface area contributed by atoms with E-state index >= 15 is 0 Å². The van der Waals surface area contributed by atoms with E-state index in [-0.39, 0.29) is 6.61 Å². The maximum absolute atomic E-state index is 9.04. The van der Waals surface area contributed by atoms with E-state index in [2.05, 4.69) is 15.9 Å². The first-order valence-electron chi connectivity index (χ1n) is 4.28. The minimum absolute atomic E-state index is 0.283. The summed E-state index contributed by atoms with van der Waals surface area (Å²) in [6, 6.07) is 5.42. The minimum Gasteiger partial charge on any atom is -0.497 e. The van der Waals surface area contributed by atoms with Crippen molar-refractivity contribution in [2.45, 2.75) is 13.0 Å². The molecule has 0 saturated carbocycles. The number of hydrogen-bond acceptors (Lipinski definition) is 3. The molecule has 1 unspecified atom stereocenters. The van der Waals surface area contributed by atoms with E-state index in [0.29, 0.717) is 5.75 Å². The van der Waals surface area contributed by atoms with Crippen molar-refractivity contribution in [1.82, 2.24) is 0 Å². The number of benzene rings is 1. The van der Waals surface area contributed by atoms with Crippen molar-refractivity contribution in [2.75, 3.05) is 13.7 Å². The minimum atomic E-state index is -0.469. The van der Waals surface area contributed by atoms with Crippen LogP contribution >= 0.6 is 15.9 Å². The van der Waals surface area contributed by atoms with Gasteiger partial charge in [-0.2, -0.15) is 0 Å². The second kappa shape index (κ2) is 5.22. The predicted molar refractivity (Wildman–Crippen MR) is 57.9 cm³/mol. The second-order valence-corrected chi connectivity index (χ2v) is 3.81. The zero-order valence-electron chi connectivity index (χ0n) is 8.16. The number of halogens is 1. The SMILES string of the molecule is COc1ccc(OCC(C)O)c(Br)c1. The third-order valence-electron chi connectivity index (χ3n) is 1.62. The molecule has 0 fully saturated rings. The third kappa shape index (κ3) is 3.20. The van der Waals surface area contributed by atoms with Crippen molar-refractivity contribution in [1.29, 1.82) is 0 Å². The van der Waals surface area contributed by atoms with Crippen LogP contribution in [0.5, 0.6) is 11.5 Å². The van der Waals surface area contributed by atoms with E-state index in [9.17, 15) is 0 Å². The van der Waals surface area contributed by atoms with Gasteiger partial charge in [0.2, 0.25) is 0 Å². The van der Waals surface area contributed by atoms with Gasteiger partial charge in [0.15, 0.2) is 0 Å².